The molecule has 1 aromatic heterocycles. The van der Waals surface area contributed by atoms with Crippen molar-refractivity contribution in [3.8, 4) is 17.1 Å². The summed E-state index contributed by atoms with van der Waals surface area (Å²) in [5.41, 5.74) is 1.71. The molecule has 134 valence electrons. The van der Waals surface area contributed by atoms with Gasteiger partial charge in [-0.15, -0.1) is 0 Å². The maximum Gasteiger partial charge on any atom is 0.346 e. The fourth-order valence-corrected chi connectivity index (χ4v) is 2.72. The molecule has 0 radical (unpaired) electrons. The molecular weight excluding hydrogens is 356 g/mol. The molecule has 0 spiro atoms. The maximum absolute atomic E-state index is 13.0. The Labute approximate surface area is 155 Å². The molecule has 1 heterocycles. The minimum atomic E-state index is -0.969. The summed E-state index contributed by atoms with van der Waals surface area (Å²) in [6.45, 7) is 3.46. The molecule has 26 heavy (non-hydrogen) atoms. The smallest absolute Gasteiger partial charge is 0.346 e. The summed E-state index contributed by atoms with van der Waals surface area (Å²) >= 11 is 6.00. The van der Waals surface area contributed by atoms with Crippen LogP contribution in [0.4, 0.5) is 0 Å². The van der Waals surface area contributed by atoms with E-state index in [0.29, 0.717) is 16.2 Å². The van der Waals surface area contributed by atoms with Crippen molar-refractivity contribution in [2.45, 2.75) is 20.0 Å². The van der Waals surface area contributed by atoms with E-state index in [1.807, 2.05) is 31.2 Å². The van der Waals surface area contributed by atoms with E-state index < -0.39 is 17.5 Å². The lowest BCUT2D eigenvalue weighted by molar-refractivity contribution is -0.147. The molecule has 6 heteroatoms. The van der Waals surface area contributed by atoms with Crippen LogP contribution in [0.1, 0.15) is 12.5 Å². The van der Waals surface area contributed by atoms with E-state index in [1.165, 1.54) is 20.1 Å². The number of rotatable bonds is 4. The summed E-state index contributed by atoms with van der Waals surface area (Å²) in [6, 6.07) is 12.2. The maximum atomic E-state index is 13.0. The van der Waals surface area contributed by atoms with Crippen LogP contribution in [0.15, 0.2) is 51.7 Å². The second-order valence-corrected chi connectivity index (χ2v) is 6.32. The molecule has 0 fully saturated rings. The zero-order valence-corrected chi connectivity index (χ0v) is 15.3. The number of halogens is 1. The van der Waals surface area contributed by atoms with Crippen LogP contribution in [0.25, 0.3) is 22.3 Å². The van der Waals surface area contributed by atoms with Crippen LogP contribution in [0.2, 0.25) is 5.02 Å². The normalized spacial score (nSPS) is 12.0. The van der Waals surface area contributed by atoms with Gasteiger partial charge in [0, 0.05) is 10.6 Å². The van der Waals surface area contributed by atoms with Gasteiger partial charge in [0.15, 0.2) is 11.9 Å². The first kappa shape index (κ1) is 18.0. The van der Waals surface area contributed by atoms with E-state index in [9.17, 15) is 9.59 Å². The van der Waals surface area contributed by atoms with Crippen LogP contribution < -0.4 is 10.2 Å². The lowest BCUT2D eigenvalue weighted by atomic mass is 10.1. The molecule has 3 aromatic rings. The molecule has 0 aliphatic carbocycles. The molecule has 0 saturated carbocycles. The molecule has 0 aliphatic heterocycles. The highest BCUT2D eigenvalue weighted by molar-refractivity contribution is 6.31. The van der Waals surface area contributed by atoms with Crippen LogP contribution in [0, 0.1) is 6.92 Å². The van der Waals surface area contributed by atoms with Crippen molar-refractivity contribution < 1.29 is 18.7 Å². The van der Waals surface area contributed by atoms with Gasteiger partial charge in [0.25, 0.3) is 0 Å². The third kappa shape index (κ3) is 3.44. The average molecular weight is 373 g/mol. The fraction of sp³-hybridized carbons (Fsp3) is 0.200. The van der Waals surface area contributed by atoms with Crippen LogP contribution in [0.3, 0.4) is 0 Å². The van der Waals surface area contributed by atoms with Crippen molar-refractivity contribution in [1.29, 1.82) is 0 Å². The van der Waals surface area contributed by atoms with Gasteiger partial charge in [-0.2, -0.15) is 0 Å². The first-order valence-electron chi connectivity index (χ1n) is 7.98. The molecular formula is C20H17ClO5. The van der Waals surface area contributed by atoms with Crippen molar-refractivity contribution in [3.05, 3.63) is 63.3 Å². The van der Waals surface area contributed by atoms with Gasteiger partial charge in [-0.05, 0) is 32.0 Å². The van der Waals surface area contributed by atoms with E-state index in [1.54, 1.807) is 12.1 Å². The standard InChI is InChI=1S/C20H17ClO5/c1-11-4-6-13(7-5-11)18-19(25-12(2)20(23)24-3)17(22)15-10-14(21)8-9-16(15)26-18/h4-10,12H,1-3H3/t12-/m1/s1. The molecule has 0 bridgehead atoms. The minimum Gasteiger partial charge on any atom is -0.471 e. The number of carbonyl (C=O) groups excluding carboxylic acids is 1. The van der Waals surface area contributed by atoms with Crippen LogP contribution >= 0.6 is 11.6 Å². The number of methoxy groups -OCH3 is 1. The summed E-state index contributed by atoms with van der Waals surface area (Å²) in [7, 11) is 1.26. The molecule has 0 aliphatic rings. The summed E-state index contributed by atoms with van der Waals surface area (Å²) < 4.78 is 16.2. The van der Waals surface area contributed by atoms with Crippen LogP contribution in [-0.4, -0.2) is 19.2 Å². The Bertz CT molecular complexity index is 1020. The Morgan fingerprint density at radius 1 is 1.15 bits per heavy atom. The van der Waals surface area contributed by atoms with Crippen molar-refractivity contribution in [1.82, 2.24) is 0 Å². The Morgan fingerprint density at radius 3 is 2.50 bits per heavy atom. The van der Waals surface area contributed by atoms with E-state index in [-0.39, 0.29) is 16.9 Å². The molecule has 0 N–H and O–H groups in total. The van der Waals surface area contributed by atoms with E-state index in [4.69, 9.17) is 20.8 Å². The average Bonchev–Trinajstić information content (AvgIpc) is 2.64. The Morgan fingerprint density at radius 2 is 1.85 bits per heavy atom. The van der Waals surface area contributed by atoms with Crippen LogP contribution in [-0.2, 0) is 9.53 Å². The molecule has 1 atom stereocenters. The Kier molecular flexibility index (Phi) is 5.00. The number of aryl methyl sites for hydroxylation is 1. The Balaban J connectivity index is 2.25. The number of fused-ring (bicyclic) bond motifs is 1. The predicted molar refractivity (Wildman–Crippen MR) is 99.8 cm³/mol. The van der Waals surface area contributed by atoms with Crippen LogP contribution in [0.5, 0.6) is 5.75 Å². The van der Waals surface area contributed by atoms with Gasteiger partial charge in [0.2, 0.25) is 11.2 Å². The highest BCUT2D eigenvalue weighted by Crippen LogP contribution is 2.32. The highest BCUT2D eigenvalue weighted by atomic mass is 35.5. The third-order valence-electron chi connectivity index (χ3n) is 3.95. The highest BCUT2D eigenvalue weighted by Gasteiger charge is 2.23. The first-order valence-corrected chi connectivity index (χ1v) is 8.36. The largest absolute Gasteiger partial charge is 0.471 e. The zero-order chi connectivity index (χ0) is 18.8. The van der Waals surface area contributed by atoms with E-state index in [0.717, 1.165) is 5.56 Å². The number of carbonyl (C=O) groups is 1. The first-order chi connectivity index (χ1) is 12.4. The van der Waals surface area contributed by atoms with Gasteiger partial charge in [-0.25, -0.2) is 4.79 Å². The van der Waals surface area contributed by atoms with Gasteiger partial charge < -0.3 is 13.9 Å². The van der Waals surface area contributed by atoms with E-state index >= 15 is 0 Å². The molecule has 0 saturated heterocycles. The zero-order valence-electron chi connectivity index (χ0n) is 14.5. The van der Waals surface area contributed by atoms with Gasteiger partial charge in [0.1, 0.15) is 5.58 Å². The molecule has 2 aromatic carbocycles. The Hall–Kier alpha value is -2.79. The lowest BCUT2D eigenvalue weighted by Gasteiger charge is -2.15. The summed E-state index contributed by atoms with van der Waals surface area (Å²) in [5.74, 6) is -0.396. The minimum absolute atomic E-state index is 0.0541. The predicted octanol–water partition coefficient (Wildman–Crippen LogP) is 4.36. The number of benzene rings is 2. The van der Waals surface area contributed by atoms with Gasteiger partial charge in [-0.3, -0.25) is 4.79 Å². The summed E-state index contributed by atoms with van der Waals surface area (Å²) in [6.07, 6.45) is -0.969. The monoisotopic (exact) mass is 372 g/mol. The van der Waals surface area contributed by atoms with Gasteiger partial charge >= 0.3 is 5.97 Å². The molecule has 0 unspecified atom stereocenters. The fourth-order valence-electron chi connectivity index (χ4n) is 2.54. The van der Waals surface area contributed by atoms with E-state index in [2.05, 4.69) is 4.74 Å². The number of hydrogen-bond donors (Lipinski definition) is 0. The van der Waals surface area contributed by atoms with Crippen molar-refractivity contribution in [2.75, 3.05) is 7.11 Å². The van der Waals surface area contributed by atoms with Gasteiger partial charge in [-0.1, -0.05) is 41.4 Å². The number of esters is 1. The van der Waals surface area contributed by atoms with Gasteiger partial charge in [0.05, 0.1) is 12.5 Å². The van der Waals surface area contributed by atoms with Crippen molar-refractivity contribution >= 4 is 28.5 Å². The topological polar surface area (TPSA) is 65.7 Å². The number of hydrogen-bond acceptors (Lipinski definition) is 5. The molecule has 0 amide bonds. The second kappa shape index (κ2) is 7.22. The quantitative estimate of drug-likeness (QED) is 0.636. The van der Waals surface area contributed by atoms with Crippen molar-refractivity contribution in [3.63, 3.8) is 0 Å². The SMILES string of the molecule is COC(=O)[C@@H](C)Oc1c(-c2ccc(C)cc2)oc2ccc(Cl)cc2c1=O. The lowest BCUT2D eigenvalue weighted by Crippen LogP contribution is -2.27. The number of ether oxygens (including phenoxy) is 2. The molecule has 5 nitrogen and oxygen atoms in total. The summed E-state index contributed by atoms with van der Waals surface area (Å²) in [5, 5.41) is 0.681. The van der Waals surface area contributed by atoms with Crippen molar-refractivity contribution in [2.24, 2.45) is 0 Å². The third-order valence-corrected chi connectivity index (χ3v) is 4.19. The summed E-state index contributed by atoms with van der Waals surface area (Å²) in [4.78, 5) is 24.7. The molecule has 3 rings (SSSR count). The second-order valence-electron chi connectivity index (χ2n) is 5.88.